The van der Waals surface area contributed by atoms with E-state index in [0.717, 1.165) is 12.2 Å². The molecule has 7 heterocycles. The Bertz CT molecular complexity index is 1850. The first kappa shape index (κ1) is 93.3. The minimum Gasteiger partial charge on any atom is -0.469 e. The first-order valence-electron chi connectivity index (χ1n) is 31.7. The van der Waals surface area contributed by atoms with E-state index in [9.17, 15) is 0 Å². The Morgan fingerprint density at radius 2 is 1.02 bits per heavy atom. The summed E-state index contributed by atoms with van der Waals surface area (Å²) in [5.74, 6) is 5.41. The van der Waals surface area contributed by atoms with E-state index in [2.05, 4.69) is 212 Å². The minimum atomic E-state index is 0.519. The SMILES string of the molecule is CC.CC.CC.CC.CC.CC.CC.CC.CC(C)C1=CCC=C1.CC(C)c1ccc[nH]1.CC(C)c1ccco1.CC(C)c1cccs1.CC(C)c1ccnnc1.CC(C)c1ccsc1.CC(C)c1cncnc1.CC(C)n1cccc1. The number of H-pyrrole nitrogens is 1. The molecule has 0 saturated carbocycles. The topological polar surface area (TPSA) is 85.4 Å². The molecule has 8 rings (SSSR count). The highest BCUT2D eigenvalue weighted by Gasteiger charge is 2.01. The summed E-state index contributed by atoms with van der Waals surface area (Å²) in [7, 11) is 0. The lowest BCUT2D eigenvalue weighted by atomic mass is 10.1. The first-order chi connectivity index (χ1) is 39.4. The Labute approximate surface area is 518 Å². The van der Waals surface area contributed by atoms with Gasteiger partial charge in [-0.05, 0) is 149 Å². The molecule has 0 bridgehead atoms. The monoisotopic (exact) mass is 1170 g/mol. The quantitative estimate of drug-likeness (QED) is 0.164. The van der Waals surface area contributed by atoms with Gasteiger partial charge in [-0.25, -0.2) is 9.97 Å². The lowest BCUT2D eigenvalue weighted by Gasteiger charge is -2.03. The summed E-state index contributed by atoms with van der Waals surface area (Å²) in [5.41, 5.74) is 6.69. The van der Waals surface area contributed by atoms with Gasteiger partial charge in [-0.15, -0.1) is 11.3 Å². The summed E-state index contributed by atoms with van der Waals surface area (Å²) in [6, 6.07) is 21.1. The van der Waals surface area contributed by atoms with Crippen molar-refractivity contribution in [2.45, 2.75) is 270 Å². The average Bonchev–Trinajstić information content (AvgIpc) is 4.38. The van der Waals surface area contributed by atoms with Crippen LogP contribution in [0.1, 0.15) is 303 Å². The van der Waals surface area contributed by atoms with Crippen molar-refractivity contribution >= 4 is 22.7 Å². The fourth-order valence-corrected chi connectivity index (χ4v) is 6.96. The molecule has 82 heavy (non-hydrogen) atoms. The lowest BCUT2D eigenvalue weighted by Crippen LogP contribution is -1.94. The number of hydrogen-bond acceptors (Lipinski definition) is 7. The van der Waals surface area contributed by atoms with Crippen molar-refractivity contribution in [1.82, 2.24) is 29.7 Å². The van der Waals surface area contributed by atoms with E-state index in [1.54, 1.807) is 36.3 Å². The summed E-state index contributed by atoms with van der Waals surface area (Å²) in [4.78, 5) is 12.4. The van der Waals surface area contributed by atoms with E-state index < -0.39 is 0 Å². The molecule has 0 aromatic carbocycles. The maximum absolute atomic E-state index is 5.09. The Kier molecular flexibility index (Phi) is 81.9. The van der Waals surface area contributed by atoms with Gasteiger partial charge in [0, 0.05) is 59.7 Å². The number of furan rings is 1. The zero-order valence-corrected chi connectivity index (χ0v) is 60.9. The molecule has 1 aliphatic carbocycles. The Hall–Kier alpha value is -5.12. The van der Waals surface area contributed by atoms with E-state index in [4.69, 9.17) is 4.42 Å². The van der Waals surface area contributed by atoms with E-state index in [1.165, 1.54) is 32.8 Å². The smallest absolute Gasteiger partial charge is 0.115 e. The van der Waals surface area contributed by atoms with E-state index in [1.807, 2.05) is 177 Å². The van der Waals surface area contributed by atoms with Gasteiger partial charge in [0.25, 0.3) is 0 Å². The summed E-state index contributed by atoms with van der Waals surface area (Å²) in [5, 5.41) is 13.9. The van der Waals surface area contributed by atoms with Crippen molar-refractivity contribution in [3.05, 3.63) is 190 Å². The van der Waals surface area contributed by atoms with Crippen molar-refractivity contribution in [1.29, 1.82) is 0 Å². The molecule has 0 spiro atoms. The molecule has 1 N–H and O–H groups in total. The van der Waals surface area contributed by atoms with Gasteiger partial charge in [0.05, 0.1) is 12.5 Å². The van der Waals surface area contributed by atoms with E-state index in [0.29, 0.717) is 47.5 Å². The summed E-state index contributed by atoms with van der Waals surface area (Å²) in [6.07, 6.45) is 24.4. The number of aromatic amines is 1. The van der Waals surface area contributed by atoms with Crippen molar-refractivity contribution in [3.8, 4) is 0 Å². The predicted octanol–water partition coefficient (Wildman–Crippen LogP) is 26.3. The highest BCUT2D eigenvalue weighted by Crippen LogP contribution is 2.20. The van der Waals surface area contributed by atoms with Crippen LogP contribution in [0.3, 0.4) is 0 Å². The minimum absolute atomic E-state index is 0.519. The van der Waals surface area contributed by atoms with Crippen LogP contribution in [0.4, 0.5) is 0 Å². The molecule has 0 saturated heterocycles. The van der Waals surface area contributed by atoms with Crippen LogP contribution in [0, 0.1) is 5.92 Å². The third kappa shape index (κ3) is 56.7. The molecule has 472 valence electrons. The van der Waals surface area contributed by atoms with Crippen LogP contribution in [-0.4, -0.2) is 29.7 Å². The summed E-state index contributed by atoms with van der Waals surface area (Å²) in [6.45, 7) is 66.7. The van der Waals surface area contributed by atoms with Gasteiger partial charge in [0.15, 0.2) is 0 Å². The molecule has 7 aromatic rings. The van der Waals surface area contributed by atoms with Crippen molar-refractivity contribution in [2.75, 3.05) is 0 Å². The maximum Gasteiger partial charge on any atom is 0.115 e. The summed E-state index contributed by atoms with van der Waals surface area (Å²) < 4.78 is 7.26. The van der Waals surface area contributed by atoms with E-state index >= 15 is 0 Å². The van der Waals surface area contributed by atoms with Crippen LogP contribution in [0.15, 0.2) is 161 Å². The normalized spacial score (nSPS) is 9.59. The molecule has 0 radical (unpaired) electrons. The predicted molar refractivity (Wildman–Crippen MR) is 379 cm³/mol. The first-order valence-corrected chi connectivity index (χ1v) is 33.5. The van der Waals surface area contributed by atoms with Crippen molar-refractivity contribution in [3.63, 3.8) is 0 Å². The molecular weight excluding hydrogens is 1040 g/mol. The highest BCUT2D eigenvalue weighted by atomic mass is 32.1. The average molecular weight is 1170 g/mol. The van der Waals surface area contributed by atoms with Crippen LogP contribution in [0.2, 0.25) is 0 Å². The number of thiophene rings is 2. The number of nitrogens with one attached hydrogen (secondary N) is 1. The van der Waals surface area contributed by atoms with Crippen LogP contribution >= 0.6 is 22.7 Å². The highest BCUT2D eigenvalue weighted by molar-refractivity contribution is 7.10. The van der Waals surface area contributed by atoms with Crippen LogP contribution in [0.5, 0.6) is 0 Å². The van der Waals surface area contributed by atoms with Gasteiger partial charge in [-0.2, -0.15) is 21.5 Å². The van der Waals surface area contributed by atoms with Gasteiger partial charge >= 0.3 is 0 Å². The fraction of sp³-hybridized carbons (Fsp3) is 0.562. The van der Waals surface area contributed by atoms with Gasteiger partial charge in [0.1, 0.15) is 12.1 Å². The van der Waals surface area contributed by atoms with Gasteiger partial charge < -0.3 is 14.0 Å². The third-order valence-electron chi connectivity index (χ3n) is 9.89. The number of nitrogens with zero attached hydrogens (tertiary/aromatic N) is 5. The second-order valence-electron chi connectivity index (χ2n) is 18.2. The zero-order valence-electron chi connectivity index (χ0n) is 59.2. The standard InChI is InChI=1S/C8H12.2C7H10N2.2C7H11N.C7H10O.2C7H10S.8C2H6/c1-7(2)8-5-3-4-6-8;1-6(2)7-3-8-5-9-4-7;1-6(2)7-3-4-8-9-5-7;1-7(2)8-5-3-4-6-8;2*1-6(2)7-4-3-5-8-7;1-6(2)7-3-4-8-5-7;1-6(2)7-4-3-5-8-7;8*1-2/h3,5-7H,4H2,1-2H3;2*3-6H,1-2H3;3-7H,1-2H3;3-6,8H,1-2H3;3*3-6H,1-2H3;8*1-2H3. The van der Waals surface area contributed by atoms with Gasteiger partial charge in [0.2, 0.25) is 0 Å². The Balaban J connectivity index is -0.000000123. The van der Waals surface area contributed by atoms with Crippen molar-refractivity contribution in [2.24, 2.45) is 5.92 Å². The zero-order chi connectivity index (χ0) is 65.3. The Morgan fingerprint density at radius 1 is 0.488 bits per heavy atom. The molecule has 0 aliphatic heterocycles. The molecule has 0 atom stereocenters. The largest absolute Gasteiger partial charge is 0.469 e. The number of rotatable bonds is 8. The molecule has 7 nitrogen and oxygen atoms in total. The maximum atomic E-state index is 5.09. The molecule has 0 fully saturated rings. The summed E-state index contributed by atoms with van der Waals surface area (Å²) >= 11 is 3.60. The Morgan fingerprint density at radius 3 is 1.24 bits per heavy atom. The second-order valence-corrected chi connectivity index (χ2v) is 20.0. The number of hydrogen-bond donors (Lipinski definition) is 1. The second kappa shape index (κ2) is 72.0. The van der Waals surface area contributed by atoms with Crippen LogP contribution < -0.4 is 0 Å². The van der Waals surface area contributed by atoms with E-state index in [-0.39, 0.29) is 0 Å². The molecular formula is C73H132N6OS2. The third-order valence-corrected chi connectivity index (χ3v) is 11.8. The molecule has 7 aromatic heterocycles. The number of allylic oxidation sites excluding steroid dienone is 4. The molecule has 0 amide bonds. The van der Waals surface area contributed by atoms with Gasteiger partial charge in [-0.1, -0.05) is 232 Å². The van der Waals surface area contributed by atoms with Crippen LogP contribution in [-0.2, 0) is 0 Å². The van der Waals surface area contributed by atoms with Gasteiger partial charge in [-0.3, -0.25) is 0 Å². The fourth-order valence-electron chi connectivity index (χ4n) is 5.39. The number of aromatic nitrogens is 6. The molecule has 1 aliphatic rings. The van der Waals surface area contributed by atoms with Crippen molar-refractivity contribution < 1.29 is 4.42 Å². The molecule has 9 heteroatoms. The molecule has 0 unspecified atom stereocenters. The van der Waals surface area contributed by atoms with Crippen LogP contribution in [0.25, 0.3) is 0 Å². The lowest BCUT2D eigenvalue weighted by molar-refractivity contribution is 0.487.